The first-order valence-electron chi connectivity index (χ1n) is 6.71. The van der Waals surface area contributed by atoms with E-state index < -0.39 is 0 Å². The molecule has 0 atom stereocenters. The van der Waals surface area contributed by atoms with Crippen LogP contribution < -0.4 is 10.2 Å². The second-order valence-electron chi connectivity index (χ2n) is 4.75. The molecular formula is C14H24FN3. The van der Waals surface area contributed by atoms with Crippen molar-refractivity contribution in [3.05, 3.63) is 23.6 Å². The van der Waals surface area contributed by atoms with E-state index in [9.17, 15) is 4.39 Å². The van der Waals surface area contributed by atoms with Crippen molar-refractivity contribution < 1.29 is 4.39 Å². The molecule has 0 aliphatic carbocycles. The molecule has 1 aromatic heterocycles. The van der Waals surface area contributed by atoms with Gasteiger partial charge in [-0.25, -0.2) is 9.37 Å². The van der Waals surface area contributed by atoms with Gasteiger partial charge in [-0.3, -0.25) is 0 Å². The Bertz CT molecular complexity index is 366. The van der Waals surface area contributed by atoms with Gasteiger partial charge in [-0.05, 0) is 19.4 Å². The zero-order valence-electron chi connectivity index (χ0n) is 11.8. The average Bonchev–Trinajstić information content (AvgIpc) is 2.34. The van der Waals surface area contributed by atoms with Crippen molar-refractivity contribution in [2.45, 2.75) is 46.7 Å². The molecule has 0 radical (unpaired) electrons. The third-order valence-electron chi connectivity index (χ3n) is 2.79. The minimum Gasteiger partial charge on any atom is -0.357 e. The second-order valence-corrected chi connectivity index (χ2v) is 4.75. The molecule has 0 unspecified atom stereocenters. The highest BCUT2D eigenvalue weighted by Gasteiger charge is 2.12. The van der Waals surface area contributed by atoms with E-state index in [-0.39, 0.29) is 5.82 Å². The van der Waals surface area contributed by atoms with Gasteiger partial charge in [-0.1, -0.05) is 20.8 Å². The van der Waals surface area contributed by atoms with E-state index in [0.717, 1.165) is 30.9 Å². The van der Waals surface area contributed by atoms with E-state index in [0.29, 0.717) is 12.6 Å². The minimum absolute atomic E-state index is 0.271. The third kappa shape index (κ3) is 4.26. The fourth-order valence-corrected chi connectivity index (χ4v) is 1.89. The molecule has 0 spiro atoms. The summed E-state index contributed by atoms with van der Waals surface area (Å²) in [5, 5.41) is 3.32. The number of nitrogens with zero attached hydrogens (tertiary/aromatic N) is 2. The molecule has 1 rings (SSSR count). The third-order valence-corrected chi connectivity index (χ3v) is 2.79. The molecule has 0 amide bonds. The van der Waals surface area contributed by atoms with Crippen LogP contribution in [0.5, 0.6) is 0 Å². The Hall–Kier alpha value is -1.16. The van der Waals surface area contributed by atoms with Gasteiger partial charge >= 0.3 is 0 Å². The lowest BCUT2D eigenvalue weighted by Crippen LogP contribution is -2.28. The summed E-state index contributed by atoms with van der Waals surface area (Å²) >= 11 is 0. The van der Waals surface area contributed by atoms with E-state index >= 15 is 0 Å². The number of hydrogen-bond donors (Lipinski definition) is 1. The van der Waals surface area contributed by atoms with Gasteiger partial charge in [0.15, 0.2) is 0 Å². The molecule has 0 saturated carbocycles. The molecule has 0 aromatic carbocycles. The maximum Gasteiger partial charge on any atom is 0.141 e. The average molecular weight is 253 g/mol. The van der Waals surface area contributed by atoms with Crippen LogP contribution in [0.3, 0.4) is 0 Å². The first-order chi connectivity index (χ1) is 8.58. The van der Waals surface area contributed by atoms with E-state index in [2.05, 4.69) is 42.9 Å². The molecule has 1 N–H and O–H groups in total. The van der Waals surface area contributed by atoms with Gasteiger partial charge in [0.25, 0.3) is 0 Å². The summed E-state index contributed by atoms with van der Waals surface area (Å²) in [4.78, 5) is 6.45. The number of rotatable bonds is 7. The summed E-state index contributed by atoms with van der Waals surface area (Å²) in [7, 11) is 0. The maximum atomic E-state index is 13.3. The Labute approximate surface area is 109 Å². The van der Waals surface area contributed by atoms with Crippen LogP contribution in [-0.2, 0) is 6.54 Å². The summed E-state index contributed by atoms with van der Waals surface area (Å²) in [6.07, 6.45) is 2.36. The summed E-state index contributed by atoms with van der Waals surface area (Å²) < 4.78 is 13.3. The molecular weight excluding hydrogens is 229 g/mol. The van der Waals surface area contributed by atoms with Crippen LogP contribution >= 0.6 is 0 Å². The largest absolute Gasteiger partial charge is 0.357 e. The quantitative estimate of drug-likeness (QED) is 0.809. The Kier molecular flexibility index (Phi) is 6.05. The number of pyridine rings is 1. The smallest absolute Gasteiger partial charge is 0.141 e. The van der Waals surface area contributed by atoms with Crippen molar-refractivity contribution in [3.63, 3.8) is 0 Å². The van der Waals surface area contributed by atoms with Crippen LogP contribution in [0.4, 0.5) is 10.2 Å². The van der Waals surface area contributed by atoms with E-state index in [1.54, 1.807) is 6.07 Å². The Morgan fingerprint density at radius 3 is 2.67 bits per heavy atom. The summed E-state index contributed by atoms with van der Waals surface area (Å²) in [6, 6.07) is 1.96. The zero-order chi connectivity index (χ0) is 13.5. The summed E-state index contributed by atoms with van der Waals surface area (Å²) in [6.45, 7) is 10.9. The fourth-order valence-electron chi connectivity index (χ4n) is 1.89. The van der Waals surface area contributed by atoms with Crippen LogP contribution in [0.1, 0.15) is 39.7 Å². The number of anilines is 1. The normalized spacial score (nSPS) is 11.0. The Balaban J connectivity index is 2.93. The highest BCUT2D eigenvalue weighted by atomic mass is 19.1. The zero-order valence-corrected chi connectivity index (χ0v) is 11.8. The molecule has 0 aliphatic heterocycles. The standard InChI is InChI=1S/C14H24FN3/c1-5-7-18(6-2)14-12(9-16-11(3)4)8-13(15)10-17-14/h8,10-11,16H,5-7,9H2,1-4H3. The van der Waals surface area contributed by atoms with Crippen LogP contribution in [0.15, 0.2) is 12.3 Å². The van der Waals surface area contributed by atoms with Gasteiger partial charge in [0.1, 0.15) is 11.6 Å². The monoisotopic (exact) mass is 253 g/mol. The molecule has 0 fully saturated rings. The lowest BCUT2D eigenvalue weighted by atomic mass is 10.2. The summed E-state index contributed by atoms with van der Waals surface area (Å²) in [5.74, 6) is 0.626. The fraction of sp³-hybridized carbons (Fsp3) is 0.643. The highest BCUT2D eigenvalue weighted by Crippen LogP contribution is 2.19. The van der Waals surface area contributed by atoms with Gasteiger partial charge in [0, 0.05) is 31.2 Å². The topological polar surface area (TPSA) is 28.2 Å². The van der Waals surface area contributed by atoms with Crippen molar-refractivity contribution in [2.24, 2.45) is 0 Å². The lowest BCUT2D eigenvalue weighted by Gasteiger charge is -2.24. The predicted molar refractivity (Wildman–Crippen MR) is 74.3 cm³/mol. The Morgan fingerprint density at radius 1 is 1.39 bits per heavy atom. The van der Waals surface area contributed by atoms with Gasteiger partial charge in [0.2, 0.25) is 0 Å². The predicted octanol–water partition coefficient (Wildman–Crippen LogP) is 2.96. The van der Waals surface area contributed by atoms with Gasteiger partial charge in [-0.15, -0.1) is 0 Å². The van der Waals surface area contributed by atoms with Gasteiger partial charge in [0.05, 0.1) is 6.20 Å². The molecule has 4 heteroatoms. The molecule has 0 aliphatic rings. The van der Waals surface area contributed by atoms with Crippen LogP contribution in [-0.4, -0.2) is 24.1 Å². The van der Waals surface area contributed by atoms with Gasteiger partial charge < -0.3 is 10.2 Å². The van der Waals surface area contributed by atoms with Gasteiger partial charge in [-0.2, -0.15) is 0 Å². The molecule has 1 aromatic rings. The van der Waals surface area contributed by atoms with Crippen molar-refractivity contribution in [1.29, 1.82) is 0 Å². The van der Waals surface area contributed by atoms with Crippen molar-refractivity contribution in [2.75, 3.05) is 18.0 Å². The molecule has 1 heterocycles. The maximum absolute atomic E-state index is 13.3. The number of nitrogens with one attached hydrogen (secondary N) is 1. The number of halogens is 1. The SMILES string of the molecule is CCCN(CC)c1ncc(F)cc1CNC(C)C. The van der Waals surface area contributed by atoms with Crippen molar-refractivity contribution >= 4 is 5.82 Å². The first-order valence-corrected chi connectivity index (χ1v) is 6.71. The molecule has 3 nitrogen and oxygen atoms in total. The van der Waals surface area contributed by atoms with Crippen LogP contribution in [0.25, 0.3) is 0 Å². The van der Waals surface area contributed by atoms with Crippen LogP contribution in [0, 0.1) is 5.82 Å². The highest BCUT2D eigenvalue weighted by molar-refractivity contribution is 5.46. The molecule has 18 heavy (non-hydrogen) atoms. The number of aromatic nitrogens is 1. The second kappa shape index (κ2) is 7.31. The van der Waals surface area contributed by atoms with Crippen LogP contribution in [0.2, 0.25) is 0 Å². The van der Waals surface area contributed by atoms with E-state index in [1.807, 2.05) is 0 Å². The van der Waals surface area contributed by atoms with E-state index in [1.165, 1.54) is 6.20 Å². The first kappa shape index (κ1) is 14.9. The molecule has 0 bridgehead atoms. The number of hydrogen-bond acceptors (Lipinski definition) is 3. The Morgan fingerprint density at radius 2 is 2.11 bits per heavy atom. The lowest BCUT2D eigenvalue weighted by molar-refractivity contribution is 0.576. The van der Waals surface area contributed by atoms with Crippen molar-refractivity contribution in [3.8, 4) is 0 Å². The molecule has 102 valence electrons. The minimum atomic E-state index is -0.271. The summed E-state index contributed by atoms with van der Waals surface area (Å²) in [5.41, 5.74) is 0.930. The van der Waals surface area contributed by atoms with E-state index in [4.69, 9.17) is 0 Å². The van der Waals surface area contributed by atoms with Crippen molar-refractivity contribution in [1.82, 2.24) is 10.3 Å². The molecule has 0 saturated heterocycles.